The van der Waals surface area contributed by atoms with E-state index in [1.165, 1.54) is 0 Å². The molecule has 3 aromatic rings. The summed E-state index contributed by atoms with van der Waals surface area (Å²) in [6, 6.07) is 13.2. The molecule has 0 saturated carbocycles. The average molecular weight is 312 g/mol. The summed E-state index contributed by atoms with van der Waals surface area (Å²) in [5.74, 6) is -1.23. The van der Waals surface area contributed by atoms with Crippen molar-refractivity contribution in [2.24, 2.45) is 0 Å². The van der Waals surface area contributed by atoms with Crippen LogP contribution in [0.3, 0.4) is 0 Å². The van der Waals surface area contributed by atoms with Crippen molar-refractivity contribution in [3.8, 4) is 0 Å². The smallest absolute Gasteiger partial charge is 0.456 e. The topological polar surface area (TPSA) is 65.7 Å². The SMILES string of the molecule is CCOC(=O)OC(=O)C(C)c1ccc2oc3ccccc3c2c1. The van der Waals surface area contributed by atoms with E-state index in [-0.39, 0.29) is 6.61 Å². The van der Waals surface area contributed by atoms with Crippen LogP contribution in [0.2, 0.25) is 0 Å². The van der Waals surface area contributed by atoms with E-state index in [9.17, 15) is 9.59 Å². The third-order valence-electron chi connectivity index (χ3n) is 3.70. The lowest BCUT2D eigenvalue weighted by Crippen LogP contribution is -2.18. The first-order chi connectivity index (χ1) is 11.1. The summed E-state index contributed by atoms with van der Waals surface area (Å²) in [6.45, 7) is 3.49. The molecule has 5 heteroatoms. The molecular weight excluding hydrogens is 296 g/mol. The first-order valence-electron chi connectivity index (χ1n) is 7.39. The Morgan fingerprint density at radius 3 is 2.61 bits per heavy atom. The number of para-hydroxylation sites is 1. The van der Waals surface area contributed by atoms with Crippen LogP contribution in [0.1, 0.15) is 25.3 Å². The van der Waals surface area contributed by atoms with Crippen molar-refractivity contribution < 1.29 is 23.5 Å². The molecule has 0 spiro atoms. The van der Waals surface area contributed by atoms with Gasteiger partial charge < -0.3 is 13.9 Å². The van der Waals surface area contributed by atoms with Gasteiger partial charge in [0, 0.05) is 10.8 Å². The number of hydrogen-bond acceptors (Lipinski definition) is 5. The molecule has 1 unspecified atom stereocenters. The molecule has 23 heavy (non-hydrogen) atoms. The molecule has 1 heterocycles. The maximum Gasteiger partial charge on any atom is 0.516 e. The van der Waals surface area contributed by atoms with Gasteiger partial charge in [-0.15, -0.1) is 0 Å². The largest absolute Gasteiger partial charge is 0.516 e. The maximum atomic E-state index is 12.0. The molecule has 1 atom stereocenters. The number of hydrogen-bond donors (Lipinski definition) is 0. The molecule has 0 fully saturated rings. The molecule has 0 bridgehead atoms. The van der Waals surface area contributed by atoms with Gasteiger partial charge in [0.05, 0.1) is 12.5 Å². The lowest BCUT2D eigenvalue weighted by atomic mass is 9.99. The molecule has 5 nitrogen and oxygen atoms in total. The maximum absolute atomic E-state index is 12.0. The molecule has 0 aliphatic heterocycles. The molecular formula is C18H16O5. The van der Waals surface area contributed by atoms with Gasteiger partial charge in [0.15, 0.2) is 0 Å². The monoisotopic (exact) mass is 312 g/mol. The second-order valence-electron chi connectivity index (χ2n) is 5.18. The zero-order valence-corrected chi connectivity index (χ0v) is 12.9. The van der Waals surface area contributed by atoms with E-state index in [1.807, 2.05) is 36.4 Å². The Hall–Kier alpha value is -2.82. The van der Waals surface area contributed by atoms with Crippen molar-refractivity contribution in [3.63, 3.8) is 0 Å². The summed E-state index contributed by atoms with van der Waals surface area (Å²) in [5, 5.41) is 1.91. The van der Waals surface area contributed by atoms with E-state index in [4.69, 9.17) is 4.42 Å². The van der Waals surface area contributed by atoms with E-state index < -0.39 is 18.0 Å². The average Bonchev–Trinajstić information content (AvgIpc) is 2.92. The van der Waals surface area contributed by atoms with E-state index in [2.05, 4.69) is 9.47 Å². The van der Waals surface area contributed by atoms with Crippen LogP contribution < -0.4 is 0 Å². The van der Waals surface area contributed by atoms with Crippen molar-refractivity contribution in [3.05, 3.63) is 48.0 Å². The third-order valence-corrected chi connectivity index (χ3v) is 3.70. The van der Waals surface area contributed by atoms with Crippen molar-refractivity contribution in [1.82, 2.24) is 0 Å². The van der Waals surface area contributed by atoms with Gasteiger partial charge in [-0.3, -0.25) is 4.79 Å². The number of benzene rings is 2. The molecule has 118 valence electrons. The van der Waals surface area contributed by atoms with Gasteiger partial charge >= 0.3 is 12.1 Å². The summed E-state index contributed by atoms with van der Waals surface area (Å²) in [7, 11) is 0. The highest BCUT2D eigenvalue weighted by atomic mass is 16.7. The van der Waals surface area contributed by atoms with Gasteiger partial charge in [-0.2, -0.15) is 0 Å². The Morgan fingerprint density at radius 2 is 1.83 bits per heavy atom. The summed E-state index contributed by atoms with van der Waals surface area (Å²) >= 11 is 0. The molecule has 1 aromatic heterocycles. The van der Waals surface area contributed by atoms with Crippen molar-refractivity contribution in [2.45, 2.75) is 19.8 Å². The number of esters is 1. The molecule has 0 aliphatic rings. The van der Waals surface area contributed by atoms with Crippen LogP contribution >= 0.6 is 0 Å². The normalized spacial score (nSPS) is 12.3. The number of carbonyl (C=O) groups is 2. The van der Waals surface area contributed by atoms with Crippen LogP contribution in [0.5, 0.6) is 0 Å². The Kier molecular flexibility index (Phi) is 4.02. The quantitative estimate of drug-likeness (QED) is 0.530. The first kappa shape index (κ1) is 15.1. The Morgan fingerprint density at radius 1 is 1.09 bits per heavy atom. The third kappa shape index (κ3) is 2.90. The minimum atomic E-state index is -0.973. The molecule has 2 aromatic carbocycles. The summed E-state index contributed by atoms with van der Waals surface area (Å²) in [6.07, 6.45) is -0.973. The lowest BCUT2D eigenvalue weighted by molar-refractivity contribution is -0.141. The van der Waals surface area contributed by atoms with Crippen molar-refractivity contribution in [1.29, 1.82) is 0 Å². The fourth-order valence-corrected chi connectivity index (χ4v) is 2.47. The molecule has 0 saturated heterocycles. The van der Waals surface area contributed by atoms with Gasteiger partial charge in [-0.05, 0) is 37.6 Å². The molecule has 0 N–H and O–H groups in total. The predicted octanol–water partition coefficient (Wildman–Crippen LogP) is 4.39. The second kappa shape index (κ2) is 6.12. The molecule has 0 amide bonds. The zero-order valence-electron chi connectivity index (χ0n) is 12.9. The van der Waals surface area contributed by atoms with Gasteiger partial charge in [0.25, 0.3) is 0 Å². The number of ether oxygens (including phenoxy) is 2. The minimum Gasteiger partial charge on any atom is -0.456 e. The van der Waals surface area contributed by atoms with Crippen LogP contribution in [0.25, 0.3) is 21.9 Å². The van der Waals surface area contributed by atoms with Gasteiger partial charge in [-0.25, -0.2) is 4.79 Å². The Labute approximate surface area is 132 Å². The van der Waals surface area contributed by atoms with E-state index in [0.29, 0.717) is 0 Å². The fraction of sp³-hybridized carbons (Fsp3) is 0.222. The zero-order chi connectivity index (χ0) is 16.4. The first-order valence-corrected chi connectivity index (χ1v) is 7.39. The van der Waals surface area contributed by atoms with Crippen molar-refractivity contribution in [2.75, 3.05) is 6.61 Å². The number of furan rings is 1. The highest BCUT2D eigenvalue weighted by Gasteiger charge is 2.21. The highest BCUT2D eigenvalue weighted by Crippen LogP contribution is 2.31. The molecule has 0 radical (unpaired) electrons. The van der Waals surface area contributed by atoms with Crippen LogP contribution in [-0.4, -0.2) is 18.7 Å². The van der Waals surface area contributed by atoms with Gasteiger partial charge in [-0.1, -0.05) is 24.3 Å². The standard InChI is InChI=1S/C18H16O5/c1-3-21-18(20)23-17(19)11(2)12-8-9-16-14(10-12)13-6-4-5-7-15(13)22-16/h4-11H,3H2,1-2H3. The van der Waals surface area contributed by atoms with Crippen LogP contribution in [0.15, 0.2) is 46.9 Å². The van der Waals surface area contributed by atoms with Crippen LogP contribution in [0.4, 0.5) is 4.79 Å². The van der Waals surface area contributed by atoms with E-state index >= 15 is 0 Å². The van der Waals surface area contributed by atoms with Crippen LogP contribution in [-0.2, 0) is 14.3 Å². The van der Waals surface area contributed by atoms with E-state index in [1.54, 1.807) is 19.9 Å². The van der Waals surface area contributed by atoms with E-state index in [0.717, 1.165) is 27.5 Å². The predicted molar refractivity (Wildman–Crippen MR) is 85.2 cm³/mol. The lowest BCUT2D eigenvalue weighted by Gasteiger charge is -2.10. The van der Waals surface area contributed by atoms with Crippen LogP contribution in [0, 0.1) is 0 Å². The Bertz CT molecular complexity index is 877. The number of rotatable bonds is 3. The highest BCUT2D eigenvalue weighted by molar-refractivity contribution is 6.05. The van der Waals surface area contributed by atoms with Gasteiger partial charge in [0.1, 0.15) is 11.2 Å². The van der Waals surface area contributed by atoms with Crippen molar-refractivity contribution >= 4 is 34.1 Å². The fourth-order valence-electron chi connectivity index (χ4n) is 2.47. The summed E-state index contributed by atoms with van der Waals surface area (Å²) in [4.78, 5) is 23.3. The van der Waals surface area contributed by atoms with Gasteiger partial charge in [0.2, 0.25) is 0 Å². The minimum absolute atomic E-state index is 0.160. The molecule has 3 rings (SSSR count). The second-order valence-corrected chi connectivity index (χ2v) is 5.18. The summed E-state index contributed by atoms with van der Waals surface area (Å²) in [5.41, 5.74) is 2.29. The molecule has 0 aliphatic carbocycles. The summed E-state index contributed by atoms with van der Waals surface area (Å²) < 4.78 is 15.0. The number of fused-ring (bicyclic) bond motifs is 3. The Balaban J connectivity index is 1.91. The number of carbonyl (C=O) groups excluding carboxylic acids is 2.